The van der Waals surface area contributed by atoms with Crippen LogP contribution < -0.4 is 15.5 Å². The molecule has 2 aliphatic rings. The number of hydrogen-bond donors (Lipinski definition) is 1. The summed E-state index contributed by atoms with van der Waals surface area (Å²) in [5.41, 5.74) is 0.112. The molecular weight excluding hydrogens is 456 g/mol. The highest BCUT2D eigenvalue weighted by atomic mass is 19.1. The van der Waals surface area contributed by atoms with Crippen LogP contribution in [-0.4, -0.2) is 34.4 Å². The van der Waals surface area contributed by atoms with Gasteiger partial charge in [0.2, 0.25) is 5.43 Å². The average molecular weight is 479 g/mol. The number of pyridine rings is 1. The Hall–Kier alpha value is -4.01. The van der Waals surface area contributed by atoms with Crippen molar-refractivity contribution >= 4 is 11.8 Å². The molecule has 2 aliphatic heterocycles. The molecular formula is C26H23F2N3O4. The van der Waals surface area contributed by atoms with Crippen LogP contribution in [0.25, 0.3) is 0 Å². The molecule has 1 aromatic heterocycles. The molecule has 2 aromatic carbocycles. The Morgan fingerprint density at radius 1 is 1.11 bits per heavy atom. The van der Waals surface area contributed by atoms with Gasteiger partial charge in [-0.05, 0) is 24.5 Å². The molecule has 1 unspecified atom stereocenters. The molecule has 35 heavy (non-hydrogen) atoms. The predicted molar refractivity (Wildman–Crippen MR) is 123 cm³/mol. The lowest BCUT2D eigenvalue weighted by atomic mass is 9.99. The van der Waals surface area contributed by atoms with Crippen LogP contribution in [-0.2, 0) is 13.2 Å². The number of halogens is 2. The second-order valence-electron chi connectivity index (χ2n) is 8.70. The van der Waals surface area contributed by atoms with Gasteiger partial charge < -0.3 is 19.5 Å². The van der Waals surface area contributed by atoms with Crippen molar-refractivity contribution in [2.45, 2.75) is 32.0 Å². The van der Waals surface area contributed by atoms with E-state index in [1.165, 1.54) is 12.3 Å². The first-order valence-corrected chi connectivity index (χ1v) is 11.4. The molecule has 3 heterocycles. The van der Waals surface area contributed by atoms with E-state index in [1.54, 1.807) is 9.47 Å². The predicted octanol–water partition coefficient (Wildman–Crippen LogP) is 3.43. The fraction of sp³-hybridized carbons (Fsp3) is 0.269. The van der Waals surface area contributed by atoms with Crippen molar-refractivity contribution in [2.24, 2.45) is 0 Å². The van der Waals surface area contributed by atoms with Gasteiger partial charge in [0, 0.05) is 37.5 Å². The van der Waals surface area contributed by atoms with Crippen LogP contribution in [0.3, 0.4) is 0 Å². The summed E-state index contributed by atoms with van der Waals surface area (Å²) in [6.45, 7) is 0.914. The number of amides is 2. The number of carbonyl (C=O) groups excluding carboxylic acids is 2. The third-order valence-corrected chi connectivity index (χ3v) is 6.40. The van der Waals surface area contributed by atoms with E-state index in [4.69, 9.17) is 4.74 Å². The lowest BCUT2D eigenvalue weighted by Gasteiger charge is -2.40. The highest BCUT2D eigenvalue weighted by Crippen LogP contribution is 2.33. The Morgan fingerprint density at radius 2 is 1.91 bits per heavy atom. The van der Waals surface area contributed by atoms with Gasteiger partial charge in [0.25, 0.3) is 11.8 Å². The van der Waals surface area contributed by atoms with Crippen molar-refractivity contribution in [3.8, 4) is 5.75 Å². The van der Waals surface area contributed by atoms with Crippen LogP contribution in [0.4, 0.5) is 8.78 Å². The normalized spacial score (nSPS) is 16.6. The van der Waals surface area contributed by atoms with E-state index < -0.39 is 23.0 Å². The van der Waals surface area contributed by atoms with E-state index in [0.717, 1.165) is 30.5 Å². The second-order valence-corrected chi connectivity index (χ2v) is 8.70. The zero-order valence-electron chi connectivity index (χ0n) is 18.8. The molecule has 9 heteroatoms. The molecule has 0 saturated carbocycles. The monoisotopic (exact) mass is 479 g/mol. The van der Waals surface area contributed by atoms with Crippen molar-refractivity contribution in [1.29, 1.82) is 0 Å². The molecule has 7 nitrogen and oxygen atoms in total. The summed E-state index contributed by atoms with van der Waals surface area (Å²) >= 11 is 0. The molecule has 3 aromatic rings. The van der Waals surface area contributed by atoms with Gasteiger partial charge in [-0.1, -0.05) is 36.4 Å². The van der Waals surface area contributed by atoms with E-state index >= 15 is 0 Å². The zero-order valence-corrected chi connectivity index (χ0v) is 18.8. The Kier molecular flexibility index (Phi) is 6.07. The third-order valence-electron chi connectivity index (χ3n) is 6.40. The van der Waals surface area contributed by atoms with Crippen molar-refractivity contribution < 1.29 is 23.1 Å². The maximum Gasteiger partial charge on any atom is 0.274 e. The van der Waals surface area contributed by atoms with Crippen LogP contribution in [0.15, 0.2) is 59.5 Å². The molecule has 1 atom stereocenters. The number of nitrogens with one attached hydrogen (secondary N) is 1. The first-order valence-electron chi connectivity index (χ1n) is 11.4. The van der Waals surface area contributed by atoms with Gasteiger partial charge in [-0.2, -0.15) is 0 Å². The lowest BCUT2D eigenvalue weighted by molar-refractivity contribution is 0.0582. The summed E-state index contributed by atoms with van der Waals surface area (Å²) in [4.78, 5) is 41.3. The highest BCUT2D eigenvalue weighted by molar-refractivity contribution is 5.99. The zero-order chi connectivity index (χ0) is 24.5. The molecule has 1 saturated heterocycles. The minimum absolute atomic E-state index is 0.0485. The summed E-state index contributed by atoms with van der Waals surface area (Å²) < 4.78 is 34.7. The second kappa shape index (κ2) is 9.32. The van der Waals surface area contributed by atoms with Gasteiger partial charge in [-0.3, -0.25) is 14.4 Å². The Labute approximate surface area is 199 Å². The number of ether oxygens (including phenoxy) is 1. The molecule has 2 bridgehead atoms. The number of fused-ring (bicyclic) bond motifs is 4. The summed E-state index contributed by atoms with van der Waals surface area (Å²) in [5, 5.41) is 2.53. The van der Waals surface area contributed by atoms with Crippen molar-refractivity contribution in [3.05, 3.63) is 99.0 Å². The van der Waals surface area contributed by atoms with E-state index in [2.05, 4.69) is 5.32 Å². The van der Waals surface area contributed by atoms with Crippen LogP contribution in [0.2, 0.25) is 0 Å². The lowest BCUT2D eigenvalue weighted by Crippen LogP contribution is -2.48. The smallest absolute Gasteiger partial charge is 0.274 e. The van der Waals surface area contributed by atoms with E-state index in [1.807, 2.05) is 30.3 Å². The quantitative estimate of drug-likeness (QED) is 0.588. The van der Waals surface area contributed by atoms with Crippen LogP contribution in [0.5, 0.6) is 5.75 Å². The topological polar surface area (TPSA) is 80.6 Å². The van der Waals surface area contributed by atoms with Gasteiger partial charge in [-0.15, -0.1) is 0 Å². The van der Waals surface area contributed by atoms with E-state index in [0.29, 0.717) is 13.1 Å². The number of benzene rings is 2. The third kappa shape index (κ3) is 4.41. The van der Waals surface area contributed by atoms with Gasteiger partial charge >= 0.3 is 0 Å². The first kappa shape index (κ1) is 22.8. The molecule has 0 radical (unpaired) electrons. The Morgan fingerprint density at radius 3 is 2.69 bits per heavy atom. The molecule has 2 amide bonds. The summed E-state index contributed by atoms with van der Waals surface area (Å²) in [5.74, 6) is -2.73. The van der Waals surface area contributed by atoms with Crippen LogP contribution in [0, 0.1) is 11.6 Å². The van der Waals surface area contributed by atoms with Crippen LogP contribution in [0.1, 0.15) is 50.9 Å². The van der Waals surface area contributed by atoms with Gasteiger partial charge in [0.1, 0.15) is 23.8 Å². The number of aromatic nitrogens is 1. The maximum absolute atomic E-state index is 14.0. The molecule has 0 aliphatic carbocycles. The minimum atomic E-state index is -0.799. The molecule has 5 rings (SSSR count). The Bertz CT molecular complexity index is 1360. The SMILES string of the molecule is O=C(NCc1ccc(F)cc1F)c1cn2c(c(OCc3ccccc3)c1=O)C(=O)N1CCCC2C1. The minimum Gasteiger partial charge on any atom is -0.483 e. The van der Waals surface area contributed by atoms with E-state index in [-0.39, 0.29) is 47.7 Å². The van der Waals surface area contributed by atoms with Crippen molar-refractivity contribution in [1.82, 2.24) is 14.8 Å². The largest absolute Gasteiger partial charge is 0.483 e. The summed E-state index contributed by atoms with van der Waals surface area (Å²) in [6, 6.07) is 12.1. The molecule has 180 valence electrons. The standard InChI is InChI=1S/C26H23F2N3O4/c27-18-9-8-17(21(28)11-18)12-29-25(33)20-14-31-19-7-4-10-30(13-19)26(34)22(31)24(23(20)32)35-15-16-5-2-1-3-6-16/h1-3,5-6,8-9,11,14,19H,4,7,10,12-13,15H2,(H,29,33). The molecule has 1 fully saturated rings. The average Bonchev–Trinajstić information content (AvgIpc) is 2.86. The van der Waals surface area contributed by atoms with Crippen molar-refractivity contribution in [2.75, 3.05) is 13.1 Å². The van der Waals surface area contributed by atoms with Gasteiger partial charge in [0.15, 0.2) is 11.4 Å². The summed E-state index contributed by atoms with van der Waals surface area (Å²) in [7, 11) is 0. The first-order chi connectivity index (χ1) is 16.9. The summed E-state index contributed by atoms with van der Waals surface area (Å²) in [6.07, 6.45) is 3.00. The Balaban J connectivity index is 1.50. The molecule has 0 spiro atoms. The van der Waals surface area contributed by atoms with Gasteiger partial charge in [-0.25, -0.2) is 8.78 Å². The number of hydrogen-bond acceptors (Lipinski definition) is 4. The van der Waals surface area contributed by atoms with E-state index in [9.17, 15) is 23.2 Å². The number of carbonyl (C=O) groups is 2. The maximum atomic E-state index is 14.0. The van der Waals surface area contributed by atoms with Crippen molar-refractivity contribution in [3.63, 3.8) is 0 Å². The molecule has 1 N–H and O–H groups in total. The fourth-order valence-corrected chi connectivity index (χ4v) is 4.58. The van der Waals surface area contributed by atoms with Gasteiger partial charge in [0.05, 0.1) is 6.04 Å². The fourth-order valence-electron chi connectivity index (χ4n) is 4.58. The number of piperidine rings is 1. The highest BCUT2D eigenvalue weighted by Gasteiger charge is 2.38. The number of nitrogens with zero attached hydrogens (tertiary/aromatic N) is 2. The number of rotatable bonds is 6. The van der Waals surface area contributed by atoms with Crippen LogP contribution >= 0.6 is 0 Å².